The van der Waals surface area contributed by atoms with Gasteiger partial charge in [-0.1, -0.05) is 11.6 Å². The van der Waals surface area contributed by atoms with Crippen molar-refractivity contribution in [3.05, 3.63) is 41.7 Å². The summed E-state index contributed by atoms with van der Waals surface area (Å²) >= 11 is 6.05. The lowest BCUT2D eigenvalue weighted by molar-refractivity contribution is 0.166. The molecule has 0 aliphatic carbocycles. The number of amides is 2. The molecule has 3 rings (SSSR count). The van der Waals surface area contributed by atoms with Gasteiger partial charge in [-0.15, -0.1) is 0 Å². The Labute approximate surface area is 133 Å². The monoisotopic (exact) mass is 320 g/mol. The number of aromatic nitrogens is 2. The number of hydrogen-bond acceptors (Lipinski definition) is 3. The first-order chi connectivity index (χ1) is 10.7. The minimum absolute atomic E-state index is 0.0138. The van der Waals surface area contributed by atoms with Crippen molar-refractivity contribution in [1.82, 2.24) is 14.7 Å². The van der Waals surface area contributed by atoms with Crippen molar-refractivity contribution in [3.8, 4) is 5.69 Å². The molecule has 0 unspecified atom stereocenters. The van der Waals surface area contributed by atoms with Gasteiger partial charge >= 0.3 is 6.03 Å². The number of rotatable bonds is 3. The van der Waals surface area contributed by atoms with E-state index < -0.39 is 0 Å². The first-order valence-corrected chi connectivity index (χ1v) is 7.55. The number of nitrogens with one attached hydrogen (secondary N) is 1. The predicted octanol–water partition coefficient (Wildman–Crippen LogP) is 2.51. The molecule has 22 heavy (non-hydrogen) atoms. The van der Waals surface area contributed by atoms with Crippen molar-refractivity contribution < 1.29 is 9.90 Å². The van der Waals surface area contributed by atoms with Gasteiger partial charge in [0.2, 0.25) is 0 Å². The molecule has 2 aromatic rings. The molecule has 1 fully saturated rings. The van der Waals surface area contributed by atoms with Gasteiger partial charge in [0.25, 0.3) is 0 Å². The van der Waals surface area contributed by atoms with Gasteiger partial charge in [-0.25, -0.2) is 9.48 Å². The van der Waals surface area contributed by atoms with Gasteiger partial charge in [-0.3, -0.25) is 0 Å². The standard InChI is InChI=1S/C15H17ClN4O2/c16-11-4-5-13(14(9-11)20-8-2-6-17-20)18-15(22)19-7-1-3-12(19)10-21/h2,4-6,8-9,12,21H,1,3,7,10H2,(H,18,22)/t12-/m1/s1. The molecule has 1 saturated heterocycles. The molecule has 1 atom stereocenters. The number of aliphatic hydroxyl groups is 1. The summed E-state index contributed by atoms with van der Waals surface area (Å²) in [5.74, 6) is 0. The number of aliphatic hydroxyl groups excluding tert-OH is 1. The highest BCUT2D eigenvalue weighted by Gasteiger charge is 2.28. The van der Waals surface area contributed by atoms with Crippen molar-refractivity contribution in [2.24, 2.45) is 0 Å². The van der Waals surface area contributed by atoms with E-state index in [1.54, 1.807) is 46.2 Å². The van der Waals surface area contributed by atoms with Crippen LogP contribution in [0.2, 0.25) is 5.02 Å². The van der Waals surface area contributed by atoms with Crippen LogP contribution in [0.4, 0.5) is 10.5 Å². The lowest BCUT2D eigenvalue weighted by Gasteiger charge is -2.24. The second-order valence-corrected chi connectivity index (χ2v) is 5.65. The van der Waals surface area contributed by atoms with Crippen LogP contribution >= 0.6 is 11.6 Å². The molecule has 6 nitrogen and oxygen atoms in total. The zero-order valence-corrected chi connectivity index (χ0v) is 12.7. The average molecular weight is 321 g/mol. The number of nitrogens with zero attached hydrogens (tertiary/aromatic N) is 3. The first-order valence-electron chi connectivity index (χ1n) is 7.17. The van der Waals surface area contributed by atoms with Gasteiger partial charge in [0.05, 0.1) is 24.0 Å². The van der Waals surface area contributed by atoms with Crippen LogP contribution in [-0.2, 0) is 0 Å². The number of anilines is 1. The molecule has 2 heterocycles. The Bertz CT molecular complexity index is 660. The minimum Gasteiger partial charge on any atom is -0.394 e. The van der Waals surface area contributed by atoms with Gasteiger partial charge in [0.15, 0.2) is 0 Å². The maximum absolute atomic E-state index is 12.4. The number of hydrogen-bond donors (Lipinski definition) is 2. The molecular formula is C15H17ClN4O2. The Hall–Kier alpha value is -2.05. The van der Waals surface area contributed by atoms with Crippen LogP contribution in [0.25, 0.3) is 5.69 Å². The summed E-state index contributed by atoms with van der Waals surface area (Å²) < 4.78 is 1.65. The summed E-state index contributed by atoms with van der Waals surface area (Å²) in [5.41, 5.74) is 1.33. The van der Waals surface area contributed by atoms with E-state index >= 15 is 0 Å². The van der Waals surface area contributed by atoms with Crippen LogP contribution in [0.5, 0.6) is 0 Å². The van der Waals surface area contributed by atoms with Crippen molar-refractivity contribution in [2.75, 3.05) is 18.5 Å². The Morgan fingerprint density at radius 2 is 2.36 bits per heavy atom. The molecule has 0 bridgehead atoms. The molecule has 0 saturated carbocycles. The summed E-state index contributed by atoms with van der Waals surface area (Å²) in [6.07, 6.45) is 5.18. The van der Waals surface area contributed by atoms with Crippen molar-refractivity contribution in [3.63, 3.8) is 0 Å². The number of halogens is 1. The SMILES string of the molecule is O=C(Nc1ccc(Cl)cc1-n1cccn1)N1CCC[C@@H]1CO. The molecule has 116 valence electrons. The summed E-state index contributed by atoms with van der Waals surface area (Å²) in [4.78, 5) is 14.1. The molecule has 1 aromatic carbocycles. The summed E-state index contributed by atoms with van der Waals surface area (Å²) in [6, 6.07) is 6.69. The lowest BCUT2D eigenvalue weighted by Crippen LogP contribution is -2.40. The fourth-order valence-electron chi connectivity index (χ4n) is 2.69. The van der Waals surface area contributed by atoms with Crippen molar-refractivity contribution >= 4 is 23.3 Å². The van der Waals surface area contributed by atoms with Crippen molar-refractivity contribution in [1.29, 1.82) is 0 Å². The molecule has 2 amide bonds. The van der Waals surface area contributed by atoms with E-state index in [1.165, 1.54) is 0 Å². The van der Waals surface area contributed by atoms with E-state index in [0.717, 1.165) is 12.8 Å². The molecule has 1 aliphatic rings. The van der Waals surface area contributed by atoms with Gasteiger partial charge < -0.3 is 15.3 Å². The zero-order chi connectivity index (χ0) is 15.5. The third kappa shape index (κ3) is 2.93. The van der Waals surface area contributed by atoms with Crippen molar-refractivity contribution in [2.45, 2.75) is 18.9 Å². The fourth-order valence-corrected chi connectivity index (χ4v) is 2.86. The van der Waals surface area contributed by atoms with E-state index in [2.05, 4.69) is 10.4 Å². The molecule has 2 N–H and O–H groups in total. The topological polar surface area (TPSA) is 70.4 Å². The molecule has 0 radical (unpaired) electrons. The maximum Gasteiger partial charge on any atom is 0.322 e. The smallest absolute Gasteiger partial charge is 0.322 e. The number of likely N-dealkylation sites (tertiary alicyclic amines) is 1. The maximum atomic E-state index is 12.4. The van der Waals surface area contributed by atoms with Gasteiger partial charge in [-0.05, 0) is 37.1 Å². The highest BCUT2D eigenvalue weighted by Crippen LogP contribution is 2.25. The van der Waals surface area contributed by atoms with Gasteiger partial charge in [0.1, 0.15) is 0 Å². The number of urea groups is 1. The number of benzene rings is 1. The first kappa shape index (κ1) is 14.9. The van der Waals surface area contributed by atoms with E-state index in [-0.39, 0.29) is 18.7 Å². The Balaban J connectivity index is 1.85. The second kappa shape index (κ2) is 6.37. The highest BCUT2D eigenvalue weighted by molar-refractivity contribution is 6.30. The molecule has 7 heteroatoms. The molecule has 1 aliphatic heterocycles. The van der Waals surface area contributed by atoms with E-state index in [4.69, 9.17) is 11.6 Å². The lowest BCUT2D eigenvalue weighted by atomic mass is 10.2. The second-order valence-electron chi connectivity index (χ2n) is 5.21. The predicted molar refractivity (Wildman–Crippen MR) is 84.4 cm³/mol. The van der Waals surface area contributed by atoms with E-state index in [0.29, 0.717) is 22.9 Å². The van der Waals surface area contributed by atoms with Crippen LogP contribution < -0.4 is 5.32 Å². The summed E-state index contributed by atoms with van der Waals surface area (Å²) in [6.45, 7) is 0.641. The number of carbonyl (C=O) groups excluding carboxylic acids is 1. The van der Waals surface area contributed by atoms with Gasteiger partial charge in [-0.2, -0.15) is 5.10 Å². The van der Waals surface area contributed by atoms with E-state index in [1.807, 2.05) is 0 Å². The zero-order valence-electron chi connectivity index (χ0n) is 11.9. The number of carbonyl (C=O) groups is 1. The van der Waals surface area contributed by atoms with Crippen LogP contribution in [0, 0.1) is 0 Å². The Morgan fingerprint density at radius 1 is 1.50 bits per heavy atom. The Morgan fingerprint density at radius 3 is 3.09 bits per heavy atom. The highest BCUT2D eigenvalue weighted by atomic mass is 35.5. The van der Waals surface area contributed by atoms with Gasteiger partial charge in [0, 0.05) is 24.0 Å². The third-order valence-corrected chi connectivity index (χ3v) is 4.04. The van der Waals surface area contributed by atoms with E-state index in [9.17, 15) is 9.90 Å². The van der Waals surface area contributed by atoms with Crippen LogP contribution in [0.15, 0.2) is 36.7 Å². The summed E-state index contributed by atoms with van der Waals surface area (Å²) in [7, 11) is 0. The quantitative estimate of drug-likeness (QED) is 0.913. The molecular weight excluding hydrogens is 304 g/mol. The van der Waals surface area contributed by atoms with Crippen LogP contribution in [0.3, 0.4) is 0 Å². The largest absolute Gasteiger partial charge is 0.394 e. The van der Waals surface area contributed by atoms with Crippen LogP contribution in [-0.4, -0.2) is 45.0 Å². The minimum atomic E-state index is -0.215. The van der Waals surface area contributed by atoms with Crippen LogP contribution in [0.1, 0.15) is 12.8 Å². The molecule has 1 aromatic heterocycles. The molecule has 0 spiro atoms. The Kier molecular flexibility index (Phi) is 4.31. The fraction of sp³-hybridized carbons (Fsp3) is 0.333. The third-order valence-electron chi connectivity index (χ3n) is 3.80. The normalized spacial score (nSPS) is 17.7. The summed E-state index contributed by atoms with van der Waals surface area (Å²) in [5, 5.41) is 17.0. The average Bonchev–Trinajstić information content (AvgIpc) is 3.19.